The van der Waals surface area contributed by atoms with Gasteiger partial charge in [-0.05, 0) is 17.7 Å². The SMILES string of the molecule is N=Nc1ccc(-c2c[nH][nH]c2=O)cc1. The molecule has 0 aliphatic carbocycles. The Hall–Kier alpha value is -2.17. The van der Waals surface area contributed by atoms with E-state index < -0.39 is 0 Å². The summed E-state index contributed by atoms with van der Waals surface area (Å²) in [5, 5.41) is 8.35. The fourth-order valence-corrected chi connectivity index (χ4v) is 1.24. The van der Waals surface area contributed by atoms with Crippen molar-refractivity contribution in [3.63, 3.8) is 0 Å². The standard InChI is InChI=1S/C9H8N4O/c10-12-7-3-1-6(2-4-7)8-5-11-13-9(8)14/h1-5,10H,(H2,11,13,14). The summed E-state index contributed by atoms with van der Waals surface area (Å²) >= 11 is 0. The normalized spacial score (nSPS) is 10.0. The van der Waals surface area contributed by atoms with Crippen LogP contribution in [0.3, 0.4) is 0 Å². The smallest absolute Gasteiger partial charge is 0.271 e. The highest BCUT2D eigenvalue weighted by Gasteiger charge is 2.02. The van der Waals surface area contributed by atoms with Gasteiger partial charge in [0.1, 0.15) is 0 Å². The summed E-state index contributed by atoms with van der Waals surface area (Å²) in [5.41, 5.74) is 8.59. The molecule has 3 N–H and O–H groups in total. The molecule has 1 aromatic heterocycles. The second-order valence-electron chi connectivity index (χ2n) is 2.82. The van der Waals surface area contributed by atoms with Gasteiger partial charge in [0, 0.05) is 6.20 Å². The van der Waals surface area contributed by atoms with Crippen molar-refractivity contribution in [3.05, 3.63) is 40.8 Å². The van der Waals surface area contributed by atoms with Crippen molar-refractivity contribution in [2.75, 3.05) is 0 Å². The second kappa shape index (κ2) is 3.29. The highest BCUT2D eigenvalue weighted by atomic mass is 16.1. The highest BCUT2D eigenvalue weighted by molar-refractivity contribution is 5.63. The van der Waals surface area contributed by atoms with Crippen molar-refractivity contribution >= 4 is 5.69 Å². The third kappa shape index (κ3) is 1.35. The molecular formula is C9H8N4O. The Morgan fingerprint density at radius 2 is 1.93 bits per heavy atom. The van der Waals surface area contributed by atoms with Crippen molar-refractivity contribution in [1.82, 2.24) is 10.2 Å². The molecule has 5 nitrogen and oxygen atoms in total. The lowest BCUT2D eigenvalue weighted by molar-refractivity contribution is 1.06. The molecule has 0 bridgehead atoms. The number of hydrogen-bond donors (Lipinski definition) is 3. The van der Waals surface area contributed by atoms with Crippen LogP contribution in [0.5, 0.6) is 0 Å². The second-order valence-corrected chi connectivity index (χ2v) is 2.82. The van der Waals surface area contributed by atoms with Crippen LogP contribution in [0.2, 0.25) is 0 Å². The number of rotatable bonds is 2. The molecular weight excluding hydrogens is 180 g/mol. The molecule has 1 aromatic carbocycles. The Morgan fingerprint density at radius 3 is 2.43 bits per heavy atom. The first-order chi connectivity index (χ1) is 6.81. The van der Waals surface area contributed by atoms with Gasteiger partial charge in [-0.2, -0.15) is 5.11 Å². The van der Waals surface area contributed by atoms with Crippen molar-refractivity contribution in [2.45, 2.75) is 0 Å². The lowest BCUT2D eigenvalue weighted by Gasteiger charge is -1.95. The molecule has 0 aliphatic heterocycles. The number of aromatic amines is 2. The van der Waals surface area contributed by atoms with Crippen molar-refractivity contribution in [3.8, 4) is 11.1 Å². The van der Waals surface area contributed by atoms with Gasteiger partial charge in [0.25, 0.3) is 5.56 Å². The first kappa shape index (κ1) is 8.43. The minimum Gasteiger partial charge on any atom is -0.305 e. The maximum absolute atomic E-state index is 11.2. The average molecular weight is 188 g/mol. The summed E-state index contributed by atoms with van der Waals surface area (Å²) in [6.45, 7) is 0. The molecule has 1 heterocycles. The van der Waals surface area contributed by atoms with Crippen LogP contribution in [0.15, 0.2) is 40.4 Å². The molecule has 14 heavy (non-hydrogen) atoms. The quantitative estimate of drug-likeness (QED) is 0.619. The highest BCUT2D eigenvalue weighted by Crippen LogP contribution is 2.18. The molecule has 0 saturated carbocycles. The van der Waals surface area contributed by atoms with Crippen LogP contribution >= 0.6 is 0 Å². The summed E-state index contributed by atoms with van der Waals surface area (Å²) in [4.78, 5) is 11.2. The minimum absolute atomic E-state index is 0.152. The first-order valence-electron chi connectivity index (χ1n) is 4.05. The fraction of sp³-hybridized carbons (Fsp3) is 0. The molecule has 0 fully saturated rings. The molecule has 2 aromatic rings. The van der Waals surface area contributed by atoms with Gasteiger partial charge in [-0.15, -0.1) is 0 Å². The lowest BCUT2D eigenvalue weighted by atomic mass is 10.1. The van der Waals surface area contributed by atoms with Gasteiger partial charge >= 0.3 is 0 Å². The molecule has 0 spiro atoms. The van der Waals surface area contributed by atoms with Gasteiger partial charge in [0.2, 0.25) is 0 Å². The van der Waals surface area contributed by atoms with Crippen LogP contribution in [0.25, 0.3) is 11.1 Å². The van der Waals surface area contributed by atoms with Crippen molar-refractivity contribution in [2.24, 2.45) is 5.11 Å². The first-order valence-corrected chi connectivity index (χ1v) is 4.05. The zero-order valence-corrected chi connectivity index (χ0v) is 7.24. The molecule has 0 amide bonds. The zero-order chi connectivity index (χ0) is 9.97. The molecule has 0 aliphatic rings. The molecule has 2 rings (SSSR count). The number of H-pyrrole nitrogens is 2. The van der Waals surface area contributed by atoms with Crippen LogP contribution in [-0.2, 0) is 0 Å². The van der Waals surface area contributed by atoms with Gasteiger partial charge in [-0.1, -0.05) is 12.1 Å². The van der Waals surface area contributed by atoms with Gasteiger partial charge in [0.05, 0.1) is 11.3 Å². The van der Waals surface area contributed by atoms with E-state index in [0.29, 0.717) is 11.3 Å². The third-order valence-electron chi connectivity index (χ3n) is 1.95. The molecule has 0 radical (unpaired) electrons. The Kier molecular flexibility index (Phi) is 1.98. The fourth-order valence-electron chi connectivity index (χ4n) is 1.24. The van der Waals surface area contributed by atoms with E-state index >= 15 is 0 Å². The number of nitrogens with one attached hydrogen (secondary N) is 3. The maximum Gasteiger partial charge on any atom is 0.271 e. The predicted molar refractivity (Wildman–Crippen MR) is 51.7 cm³/mol. The van der Waals surface area contributed by atoms with Gasteiger partial charge in [0.15, 0.2) is 0 Å². The number of aromatic nitrogens is 2. The van der Waals surface area contributed by atoms with Crippen LogP contribution in [0, 0.1) is 5.53 Å². The Morgan fingerprint density at radius 1 is 1.21 bits per heavy atom. The van der Waals surface area contributed by atoms with Crippen LogP contribution in [0.4, 0.5) is 5.69 Å². The molecule has 70 valence electrons. The monoisotopic (exact) mass is 188 g/mol. The summed E-state index contributed by atoms with van der Waals surface area (Å²) in [7, 11) is 0. The van der Waals surface area contributed by atoms with Crippen LogP contribution < -0.4 is 5.56 Å². The summed E-state index contributed by atoms with van der Waals surface area (Å²) in [6, 6.07) is 6.89. The van der Waals surface area contributed by atoms with Crippen LogP contribution in [-0.4, -0.2) is 10.2 Å². The molecule has 5 heteroatoms. The average Bonchev–Trinajstić information content (AvgIpc) is 2.65. The topological polar surface area (TPSA) is 84.9 Å². The number of hydrogen-bond acceptors (Lipinski definition) is 3. The van der Waals surface area contributed by atoms with Gasteiger partial charge in [-0.3, -0.25) is 9.89 Å². The van der Waals surface area contributed by atoms with E-state index in [9.17, 15) is 4.79 Å². The van der Waals surface area contributed by atoms with E-state index in [1.165, 1.54) is 0 Å². The van der Waals surface area contributed by atoms with E-state index in [0.717, 1.165) is 5.56 Å². The van der Waals surface area contributed by atoms with Gasteiger partial charge < -0.3 is 5.10 Å². The van der Waals surface area contributed by atoms with E-state index in [-0.39, 0.29) is 5.56 Å². The molecule has 0 unspecified atom stereocenters. The minimum atomic E-state index is -0.152. The Bertz CT molecular complexity index is 494. The Balaban J connectivity index is 2.48. The number of nitrogens with zero attached hydrogens (tertiary/aromatic N) is 1. The summed E-state index contributed by atoms with van der Waals surface area (Å²) in [6.07, 6.45) is 1.61. The van der Waals surface area contributed by atoms with Crippen LogP contribution in [0.1, 0.15) is 0 Å². The summed E-state index contributed by atoms with van der Waals surface area (Å²) < 4.78 is 0. The predicted octanol–water partition coefficient (Wildman–Crippen LogP) is 2.03. The Labute approximate surface area is 79.3 Å². The van der Waals surface area contributed by atoms with E-state index in [1.54, 1.807) is 30.5 Å². The zero-order valence-electron chi connectivity index (χ0n) is 7.24. The maximum atomic E-state index is 11.2. The number of benzene rings is 1. The van der Waals surface area contributed by atoms with Gasteiger partial charge in [-0.25, -0.2) is 5.53 Å². The van der Waals surface area contributed by atoms with E-state index in [1.807, 2.05) is 0 Å². The van der Waals surface area contributed by atoms with E-state index in [2.05, 4.69) is 15.3 Å². The molecule has 0 saturated heterocycles. The summed E-state index contributed by atoms with van der Waals surface area (Å²) in [5.74, 6) is 0. The molecule has 0 atom stereocenters. The largest absolute Gasteiger partial charge is 0.305 e. The lowest BCUT2D eigenvalue weighted by Crippen LogP contribution is -2.00. The van der Waals surface area contributed by atoms with E-state index in [4.69, 9.17) is 5.53 Å². The van der Waals surface area contributed by atoms with Crippen molar-refractivity contribution < 1.29 is 0 Å². The van der Waals surface area contributed by atoms with Crippen molar-refractivity contribution in [1.29, 1.82) is 5.53 Å². The third-order valence-corrected chi connectivity index (χ3v) is 1.95.